The third kappa shape index (κ3) is 3.45. The molecule has 1 heterocycles. The van der Waals surface area contributed by atoms with E-state index in [4.69, 9.17) is 5.26 Å². The van der Waals surface area contributed by atoms with Crippen LogP contribution in [0.3, 0.4) is 0 Å². The molecule has 0 aromatic carbocycles. The van der Waals surface area contributed by atoms with Gasteiger partial charge in [0.2, 0.25) is 0 Å². The molecule has 0 spiro atoms. The second-order valence-electron chi connectivity index (χ2n) is 3.79. The third-order valence-electron chi connectivity index (χ3n) is 2.29. The van der Waals surface area contributed by atoms with Crippen LogP contribution in [0.2, 0.25) is 0 Å². The second kappa shape index (κ2) is 5.85. The highest BCUT2D eigenvalue weighted by molar-refractivity contribution is 5.75. The minimum atomic E-state index is -0.331. The van der Waals surface area contributed by atoms with Crippen LogP contribution in [-0.2, 0) is 9.53 Å². The van der Waals surface area contributed by atoms with Crippen LogP contribution in [0.1, 0.15) is 19.5 Å². The first kappa shape index (κ1) is 13.0. The first-order valence-corrected chi connectivity index (χ1v) is 5.29. The van der Waals surface area contributed by atoms with Gasteiger partial charge in [0, 0.05) is 6.04 Å². The van der Waals surface area contributed by atoms with Gasteiger partial charge in [0.15, 0.2) is 0 Å². The number of nitriles is 1. The van der Waals surface area contributed by atoms with Gasteiger partial charge in [-0.15, -0.1) is 0 Å². The van der Waals surface area contributed by atoms with E-state index in [-0.39, 0.29) is 18.6 Å². The number of pyridine rings is 1. The SMILES string of the molecule is COC(=O)CN(c1cccc(C#N)n1)C(C)C. The van der Waals surface area contributed by atoms with Crippen molar-refractivity contribution in [1.29, 1.82) is 5.26 Å². The third-order valence-corrected chi connectivity index (χ3v) is 2.29. The predicted octanol–water partition coefficient (Wildman–Crippen LogP) is 1.34. The summed E-state index contributed by atoms with van der Waals surface area (Å²) in [4.78, 5) is 17.2. The summed E-state index contributed by atoms with van der Waals surface area (Å²) in [5.41, 5.74) is 0.331. The lowest BCUT2D eigenvalue weighted by molar-refractivity contribution is -0.139. The van der Waals surface area contributed by atoms with E-state index in [1.165, 1.54) is 7.11 Å². The Balaban J connectivity index is 2.97. The van der Waals surface area contributed by atoms with Crippen molar-refractivity contribution >= 4 is 11.8 Å². The molecule has 0 N–H and O–H groups in total. The van der Waals surface area contributed by atoms with Crippen LogP contribution in [0.15, 0.2) is 18.2 Å². The molecule has 17 heavy (non-hydrogen) atoms. The monoisotopic (exact) mass is 233 g/mol. The van der Waals surface area contributed by atoms with Gasteiger partial charge >= 0.3 is 5.97 Å². The van der Waals surface area contributed by atoms with E-state index in [1.807, 2.05) is 19.9 Å². The zero-order chi connectivity index (χ0) is 12.8. The molecule has 0 radical (unpaired) electrons. The van der Waals surface area contributed by atoms with E-state index in [1.54, 1.807) is 23.1 Å². The maximum atomic E-state index is 11.3. The summed E-state index contributed by atoms with van der Waals surface area (Å²) in [6.45, 7) is 4.02. The lowest BCUT2D eigenvalue weighted by Crippen LogP contribution is -2.36. The number of carbonyl (C=O) groups excluding carboxylic acids is 1. The number of hydrogen-bond acceptors (Lipinski definition) is 5. The summed E-state index contributed by atoms with van der Waals surface area (Å²) in [5.74, 6) is 0.271. The lowest BCUT2D eigenvalue weighted by Gasteiger charge is -2.26. The van der Waals surface area contributed by atoms with Crippen LogP contribution in [-0.4, -0.2) is 30.6 Å². The number of aromatic nitrogens is 1. The Bertz CT molecular complexity index is 438. The van der Waals surface area contributed by atoms with Crippen molar-refractivity contribution in [3.8, 4) is 6.07 Å². The maximum absolute atomic E-state index is 11.3. The van der Waals surface area contributed by atoms with Crippen molar-refractivity contribution in [2.24, 2.45) is 0 Å². The highest BCUT2D eigenvalue weighted by Crippen LogP contribution is 2.14. The Kier molecular flexibility index (Phi) is 4.46. The highest BCUT2D eigenvalue weighted by Gasteiger charge is 2.16. The zero-order valence-electron chi connectivity index (χ0n) is 10.2. The van der Waals surface area contributed by atoms with Gasteiger partial charge in [0.05, 0.1) is 7.11 Å². The zero-order valence-corrected chi connectivity index (χ0v) is 10.2. The van der Waals surface area contributed by atoms with Gasteiger partial charge in [0.25, 0.3) is 0 Å². The molecule has 0 amide bonds. The van der Waals surface area contributed by atoms with Crippen molar-refractivity contribution in [2.45, 2.75) is 19.9 Å². The van der Waals surface area contributed by atoms with E-state index in [2.05, 4.69) is 9.72 Å². The fourth-order valence-electron chi connectivity index (χ4n) is 1.38. The predicted molar refractivity (Wildman–Crippen MR) is 63.5 cm³/mol. The van der Waals surface area contributed by atoms with Crippen LogP contribution >= 0.6 is 0 Å². The number of esters is 1. The molecule has 1 aromatic heterocycles. The van der Waals surface area contributed by atoms with Crippen molar-refractivity contribution in [1.82, 2.24) is 4.98 Å². The molecule has 0 aliphatic carbocycles. The summed E-state index contributed by atoms with van der Waals surface area (Å²) < 4.78 is 4.64. The minimum absolute atomic E-state index is 0.0931. The number of ether oxygens (including phenoxy) is 1. The standard InChI is InChI=1S/C12H15N3O2/c1-9(2)15(8-12(16)17-3)11-6-4-5-10(7-13)14-11/h4-6,9H,8H2,1-3H3. The average Bonchev–Trinajstić information content (AvgIpc) is 2.35. The van der Waals surface area contributed by atoms with Gasteiger partial charge in [-0.2, -0.15) is 5.26 Å². The second-order valence-corrected chi connectivity index (χ2v) is 3.79. The van der Waals surface area contributed by atoms with E-state index >= 15 is 0 Å². The van der Waals surface area contributed by atoms with Crippen LogP contribution in [0.25, 0.3) is 0 Å². The van der Waals surface area contributed by atoms with Gasteiger partial charge in [-0.25, -0.2) is 4.98 Å². The number of rotatable bonds is 4. The molecule has 0 saturated heterocycles. The first-order valence-electron chi connectivity index (χ1n) is 5.29. The van der Waals surface area contributed by atoms with E-state index in [9.17, 15) is 4.79 Å². The highest BCUT2D eigenvalue weighted by atomic mass is 16.5. The summed E-state index contributed by atoms with van der Waals surface area (Å²) in [6, 6.07) is 7.20. The number of hydrogen-bond donors (Lipinski definition) is 0. The molecule has 90 valence electrons. The molecule has 0 aliphatic heterocycles. The molecule has 0 saturated carbocycles. The number of anilines is 1. The molecule has 0 aliphatic rings. The fourth-order valence-corrected chi connectivity index (χ4v) is 1.38. The molecule has 0 bridgehead atoms. The van der Waals surface area contributed by atoms with Crippen molar-refractivity contribution < 1.29 is 9.53 Å². The van der Waals surface area contributed by atoms with Crippen LogP contribution in [0, 0.1) is 11.3 Å². The Morgan fingerprint density at radius 3 is 2.82 bits per heavy atom. The van der Waals surface area contributed by atoms with Crippen LogP contribution in [0.5, 0.6) is 0 Å². The molecule has 5 nitrogen and oxygen atoms in total. The maximum Gasteiger partial charge on any atom is 0.325 e. The molecule has 0 fully saturated rings. The smallest absolute Gasteiger partial charge is 0.325 e. The molecule has 1 aromatic rings. The van der Waals surface area contributed by atoms with Gasteiger partial charge in [-0.1, -0.05) is 6.07 Å². The van der Waals surface area contributed by atoms with Gasteiger partial charge < -0.3 is 9.64 Å². The number of nitrogens with zero attached hydrogens (tertiary/aromatic N) is 3. The Labute approximate surface area is 101 Å². The van der Waals surface area contributed by atoms with E-state index < -0.39 is 0 Å². The van der Waals surface area contributed by atoms with Gasteiger partial charge in [-0.3, -0.25) is 4.79 Å². The summed E-state index contributed by atoms with van der Waals surface area (Å²) in [5, 5.41) is 8.79. The Morgan fingerprint density at radius 2 is 2.29 bits per heavy atom. The van der Waals surface area contributed by atoms with Crippen molar-refractivity contribution in [3.05, 3.63) is 23.9 Å². The number of methoxy groups -OCH3 is 1. The first-order chi connectivity index (χ1) is 8.08. The lowest BCUT2D eigenvalue weighted by atomic mass is 10.3. The summed E-state index contributed by atoms with van der Waals surface area (Å²) >= 11 is 0. The van der Waals surface area contributed by atoms with Gasteiger partial charge in [-0.05, 0) is 26.0 Å². The van der Waals surface area contributed by atoms with Crippen molar-refractivity contribution in [2.75, 3.05) is 18.6 Å². The number of carbonyl (C=O) groups is 1. The normalized spacial score (nSPS) is 9.82. The van der Waals surface area contributed by atoms with E-state index in [0.29, 0.717) is 11.5 Å². The molecule has 5 heteroatoms. The van der Waals surface area contributed by atoms with Crippen LogP contribution in [0.4, 0.5) is 5.82 Å². The molecule has 1 rings (SSSR count). The van der Waals surface area contributed by atoms with E-state index in [0.717, 1.165) is 0 Å². The fraction of sp³-hybridized carbons (Fsp3) is 0.417. The quantitative estimate of drug-likeness (QED) is 0.734. The molecule has 0 atom stereocenters. The van der Waals surface area contributed by atoms with Crippen LogP contribution < -0.4 is 4.90 Å². The topological polar surface area (TPSA) is 66.2 Å². The van der Waals surface area contributed by atoms with Gasteiger partial charge in [0.1, 0.15) is 24.1 Å². The largest absolute Gasteiger partial charge is 0.468 e. The minimum Gasteiger partial charge on any atom is -0.468 e. The molecular weight excluding hydrogens is 218 g/mol. The van der Waals surface area contributed by atoms with Crippen molar-refractivity contribution in [3.63, 3.8) is 0 Å². The average molecular weight is 233 g/mol. The molecular formula is C12H15N3O2. The molecule has 0 unspecified atom stereocenters. The summed E-state index contributed by atoms with van der Waals surface area (Å²) in [6.07, 6.45) is 0. The Morgan fingerprint density at radius 1 is 1.59 bits per heavy atom. The Hall–Kier alpha value is -2.09. The summed E-state index contributed by atoms with van der Waals surface area (Å²) in [7, 11) is 1.35.